The quantitative estimate of drug-likeness (QED) is 0.902. The van der Waals surface area contributed by atoms with Gasteiger partial charge in [0.2, 0.25) is 0 Å². The summed E-state index contributed by atoms with van der Waals surface area (Å²) < 4.78 is 18.6. The van der Waals surface area contributed by atoms with Gasteiger partial charge in [-0.3, -0.25) is 9.69 Å². The molecule has 2 aromatic rings. The molecule has 4 nitrogen and oxygen atoms in total. The third-order valence-corrected chi connectivity index (χ3v) is 5.82. The average molecular weight is 367 g/mol. The minimum Gasteiger partial charge on any atom is -0.497 e. The van der Waals surface area contributed by atoms with Crippen molar-refractivity contribution in [2.24, 2.45) is 0 Å². The maximum atomic E-state index is 13.4. The third-order valence-electron chi connectivity index (χ3n) is 5.82. The first-order chi connectivity index (χ1) is 13.1. The fourth-order valence-electron chi connectivity index (χ4n) is 4.20. The number of amides is 1. The molecule has 0 spiro atoms. The van der Waals surface area contributed by atoms with E-state index >= 15 is 0 Å². The van der Waals surface area contributed by atoms with Crippen LogP contribution in [0.3, 0.4) is 0 Å². The van der Waals surface area contributed by atoms with Gasteiger partial charge < -0.3 is 9.64 Å². The van der Waals surface area contributed by atoms with Crippen molar-refractivity contribution in [3.63, 3.8) is 0 Å². The van der Waals surface area contributed by atoms with Gasteiger partial charge in [0, 0.05) is 36.2 Å². The number of carbonyl (C=O) groups is 1. The Kier molecular flexibility index (Phi) is 4.70. The largest absolute Gasteiger partial charge is 0.497 e. The Balaban J connectivity index is 1.74. The van der Waals surface area contributed by atoms with E-state index < -0.39 is 0 Å². The molecule has 2 bridgehead atoms. The predicted molar refractivity (Wildman–Crippen MR) is 103 cm³/mol. The van der Waals surface area contributed by atoms with Gasteiger partial charge in [0.25, 0.3) is 5.91 Å². The molecule has 140 valence electrons. The number of nitrogens with one attached hydrogen (secondary N) is 1. The van der Waals surface area contributed by atoms with E-state index in [4.69, 9.17) is 4.74 Å². The summed E-state index contributed by atoms with van der Waals surface area (Å²) in [6.07, 6.45) is 5.44. The van der Waals surface area contributed by atoms with Crippen molar-refractivity contribution < 1.29 is 18.8 Å². The predicted octanol–water partition coefficient (Wildman–Crippen LogP) is 2.81. The number of carbonyl (C=O) groups excluding carboxylic acids is 1. The van der Waals surface area contributed by atoms with Gasteiger partial charge in [-0.05, 0) is 54.6 Å². The number of likely N-dealkylation sites (N-methyl/N-ethyl adjacent to an activating group) is 1. The summed E-state index contributed by atoms with van der Waals surface area (Å²) in [4.78, 5) is 16.7. The number of ether oxygens (including phenoxy) is 1. The highest BCUT2D eigenvalue weighted by atomic mass is 19.1. The Morgan fingerprint density at radius 3 is 2.44 bits per heavy atom. The molecule has 4 rings (SSSR count). The molecular formula is C22H24FN2O2+. The Hall–Kier alpha value is -2.66. The molecule has 27 heavy (non-hydrogen) atoms. The molecule has 5 heteroatoms. The van der Waals surface area contributed by atoms with Crippen LogP contribution < -0.4 is 14.5 Å². The Labute approximate surface area is 158 Å². The highest BCUT2D eigenvalue weighted by molar-refractivity contribution is 6.08. The highest BCUT2D eigenvalue weighted by Crippen LogP contribution is 2.31. The van der Waals surface area contributed by atoms with Crippen LogP contribution in [-0.4, -0.2) is 32.1 Å². The normalized spacial score (nSPS) is 23.7. The molecule has 0 saturated carbocycles. The number of anilines is 1. The van der Waals surface area contributed by atoms with Crippen LogP contribution in [0.5, 0.6) is 5.75 Å². The van der Waals surface area contributed by atoms with E-state index in [1.165, 1.54) is 23.5 Å². The van der Waals surface area contributed by atoms with E-state index in [1.54, 1.807) is 24.1 Å². The van der Waals surface area contributed by atoms with Crippen LogP contribution >= 0.6 is 0 Å². The lowest BCUT2D eigenvalue weighted by molar-refractivity contribution is -0.911. The second-order valence-corrected chi connectivity index (χ2v) is 7.33. The summed E-state index contributed by atoms with van der Waals surface area (Å²) in [6, 6.07) is 14.2. The highest BCUT2D eigenvalue weighted by Gasteiger charge is 2.40. The van der Waals surface area contributed by atoms with Crippen molar-refractivity contribution in [1.29, 1.82) is 0 Å². The molecule has 0 radical (unpaired) electrons. The second-order valence-electron chi connectivity index (χ2n) is 7.33. The van der Waals surface area contributed by atoms with Gasteiger partial charge in [-0.1, -0.05) is 0 Å². The van der Waals surface area contributed by atoms with Crippen LogP contribution in [0.4, 0.5) is 10.1 Å². The van der Waals surface area contributed by atoms with Crippen LogP contribution in [0, 0.1) is 5.82 Å². The minimum atomic E-state index is -0.345. The van der Waals surface area contributed by atoms with Gasteiger partial charge in [-0.2, -0.15) is 0 Å². The van der Waals surface area contributed by atoms with E-state index in [1.807, 2.05) is 24.3 Å². The summed E-state index contributed by atoms with van der Waals surface area (Å²) in [5, 5.41) is 0. The van der Waals surface area contributed by atoms with Crippen molar-refractivity contribution in [1.82, 2.24) is 0 Å². The van der Waals surface area contributed by atoms with Gasteiger partial charge in [0.05, 0.1) is 20.2 Å². The average Bonchev–Trinajstić information content (AvgIpc) is 2.90. The standard InChI is InChI=1S/C22H23FN2O2/c1-24-18-7-8-19(24)14-20(13-18)25(17-9-11-21(27-2)12-10-17)22(26)15-3-5-16(23)6-4-15/h3-6,9-13,18-19H,7-8,14H2,1-2H3/p+1. The topological polar surface area (TPSA) is 34.0 Å². The second kappa shape index (κ2) is 7.16. The maximum Gasteiger partial charge on any atom is 0.262 e. The van der Waals surface area contributed by atoms with E-state index in [0.29, 0.717) is 17.6 Å². The molecule has 2 heterocycles. The van der Waals surface area contributed by atoms with Crippen LogP contribution in [0.1, 0.15) is 29.6 Å². The lowest BCUT2D eigenvalue weighted by Gasteiger charge is -2.33. The number of halogens is 1. The lowest BCUT2D eigenvalue weighted by atomic mass is 10.0. The number of quaternary nitrogens is 1. The van der Waals surface area contributed by atoms with Crippen LogP contribution in [0.2, 0.25) is 0 Å². The maximum absolute atomic E-state index is 13.4. The molecule has 2 aliphatic heterocycles. The van der Waals surface area contributed by atoms with Crippen molar-refractivity contribution in [2.75, 3.05) is 19.1 Å². The van der Waals surface area contributed by atoms with Gasteiger partial charge in [0.15, 0.2) is 0 Å². The number of methoxy groups -OCH3 is 1. The van der Waals surface area contributed by atoms with E-state index in [-0.39, 0.29) is 11.7 Å². The van der Waals surface area contributed by atoms with Crippen molar-refractivity contribution >= 4 is 11.6 Å². The Morgan fingerprint density at radius 2 is 1.81 bits per heavy atom. The summed E-state index contributed by atoms with van der Waals surface area (Å²) in [6.45, 7) is 0. The smallest absolute Gasteiger partial charge is 0.262 e. The number of fused-ring (bicyclic) bond motifs is 2. The monoisotopic (exact) mass is 367 g/mol. The first-order valence-electron chi connectivity index (χ1n) is 9.35. The summed E-state index contributed by atoms with van der Waals surface area (Å²) in [7, 11) is 3.85. The fraction of sp³-hybridized carbons (Fsp3) is 0.318. The van der Waals surface area contributed by atoms with Crippen molar-refractivity contribution in [3.8, 4) is 5.75 Å². The van der Waals surface area contributed by atoms with Gasteiger partial charge in [-0.25, -0.2) is 4.39 Å². The zero-order chi connectivity index (χ0) is 19.0. The lowest BCUT2D eigenvalue weighted by Crippen LogP contribution is -3.14. The number of hydrogen-bond acceptors (Lipinski definition) is 2. The molecule has 1 amide bonds. The molecule has 3 unspecified atom stereocenters. The molecular weight excluding hydrogens is 343 g/mol. The first kappa shape index (κ1) is 17.7. The molecule has 1 saturated heterocycles. The SMILES string of the molecule is COc1ccc(N(C(=O)c2ccc(F)cc2)C2=CC3CCC(C2)[NH+]3C)cc1. The van der Waals surface area contributed by atoms with Crippen LogP contribution in [0.15, 0.2) is 60.3 Å². The molecule has 3 atom stereocenters. The van der Waals surface area contributed by atoms with E-state index in [9.17, 15) is 9.18 Å². The Morgan fingerprint density at radius 1 is 1.11 bits per heavy atom. The molecule has 0 aliphatic carbocycles. The third kappa shape index (κ3) is 3.35. The zero-order valence-corrected chi connectivity index (χ0v) is 15.6. The van der Waals surface area contributed by atoms with Crippen LogP contribution in [-0.2, 0) is 0 Å². The van der Waals surface area contributed by atoms with Crippen molar-refractivity contribution in [3.05, 3.63) is 71.7 Å². The summed E-state index contributed by atoms with van der Waals surface area (Å²) >= 11 is 0. The Bertz CT molecular complexity index is 861. The van der Waals surface area contributed by atoms with Gasteiger partial charge in [0.1, 0.15) is 17.6 Å². The zero-order valence-electron chi connectivity index (χ0n) is 15.6. The van der Waals surface area contributed by atoms with E-state index in [0.717, 1.165) is 30.0 Å². The van der Waals surface area contributed by atoms with E-state index in [2.05, 4.69) is 13.1 Å². The number of hydrogen-bond donors (Lipinski definition) is 1. The molecule has 1 fully saturated rings. The summed E-state index contributed by atoms with van der Waals surface area (Å²) in [5.41, 5.74) is 2.31. The van der Waals surface area contributed by atoms with Crippen molar-refractivity contribution in [2.45, 2.75) is 31.3 Å². The fourth-order valence-corrected chi connectivity index (χ4v) is 4.20. The van der Waals surface area contributed by atoms with Crippen LogP contribution in [0.25, 0.3) is 0 Å². The molecule has 0 aromatic heterocycles. The first-order valence-corrected chi connectivity index (χ1v) is 9.35. The minimum absolute atomic E-state index is 0.134. The number of nitrogens with zero attached hydrogens (tertiary/aromatic N) is 1. The number of rotatable bonds is 4. The van der Waals surface area contributed by atoms with Gasteiger partial charge >= 0.3 is 0 Å². The van der Waals surface area contributed by atoms with Gasteiger partial charge in [-0.15, -0.1) is 0 Å². The molecule has 1 N–H and O–H groups in total. The molecule has 2 aliphatic rings. The number of benzene rings is 2. The summed E-state index contributed by atoms with van der Waals surface area (Å²) in [5.74, 6) is 0.267. The molecule has 2 aromatic carbocycles.